The quantitative estimate of drug-likeness (QED) is 0.521. The van der Waals surface area contributed by atoms with Crippen molar-refractivity contribution in [3.63, 3.8) is 0 Å². The van der Waals surface area contributed by atoms with Crippen LogP contribution in [-0.2, 0) is 6.42 Å². The first-order valence-electron chi connectivity index (χ1n) is 7.68. The van der Waals surface area contributed by atoms with Gasteiger partial charge in [-0.15, -0.1) is 0 Å². The van der Waals surface area contributed by atoms with Crippen molar-refractivity contribution in [1.82, 2.24) is 0 Å². The van der Waals surface area contributed by atoms with Gasteiger partial charge in [0.1, 0.15) is 0 Å². The average Bonchev–Trinajstić information content (AvgIpc) is 2.43. The van der Waals surface area contributed by atoms with Gasteiger partial charge >= 0.3 is 35.5 Å². The van der Waals surface area contributed by atoms with E-state index in [-0.39, 0.29) is 35.1 Å². The average molecular weight is 300 g/mol. The molecule has 0 aliphatic carbocycles. The van der Waals surface area contributed by atoms with Crippen molar-refractivity contribution in [2.24, 2.45) is 0 Å². The Bertz CT molecular complexity index is 418. The third kappa shape index (κ3) is 8.50. The summed E-state index contributed by atoms with van der Waals surface area (Å²) in [4.78, 5) is 10.9. The van der Waals surface area contributed by atoms with Crippen LogP contribution in [0.1, 0.15) is 74.2 Å². The molecule has 4 heteroatoms. The molecular formula is C17H25NaO3. The summed E-state index contributed by atoms with van der Waals surface area (Å²) in [5.74, 6) is -1.54. The first-order valence-corrected chi connectivity index (χ1v) is 7.68. The van der Waals surface area contributed by atoms with Gasteiger partial charge in [-0.2, -0.15) is 0 Å². The Hall–Kier alpha value is -0.510. The summed E-state index contributed by atoms with van der Waals surface area (Å²) in [6.45, 7) is 2.22. The van der Waals surface area contributed by atoms with E-state index in [9.17, 15) is 9.90 Å². The van der Waals surface area contributed by atoms with E-state index < -0.39 is 11.7 Å². The molecule has 0 atom stereocenters. The number of hydrogen-bond acceptors (Lipinski definition) is 2. The number of unbranched alkanes of at least 4 members (excludes halogenated alkanes) is 7. The van der Waals surface area contributed by atoms with Gasteiger partial charge in [0.05, 0.1) is 5.56 Å². The van der Waals surface area contributed by atoms with Gasteiger partial charge in [-0.3, -0.25) is 0 Å². The van der Waals surface area contributed by atoms with E-state index in [1.807, 2.05) is 0 Å². The Morgan fingerprint density at radius 2 is 1.62 bits per heavy atom. The van der Waals surface area contributed by atoms with E-state index in [4.69, 9.17) is 5.11 Å². The second-order valence-electron chi connectivity index (χ2n) is 5.36. The van der Waals surface area contributed by atoms with Crippen LogP contribution in [0.5, 0.6) is 5.75 Å². The minimum Gasteiger partial charge on any atom is -0.872 e. The molecule has 0 amide bonds. The second-order valence-corrected chi connectivity index (χ2v) is 5.36. The molecule has 1 rings (SSSR count). The van der Waals surface area contributed by atoms with Crippen molar-refractivity contribution >= 4 is 5.97 Å². The largest absolute Gasteiger partial charge is 1.00 e. The summed E-state index contributed by atoms with van der Waals surface area (Å²) in [6, 6.07) is 4.63. The van der Waals surface area contributed by atoms with Crippen molar-refractivity contribution in [1.29, 1.82) is 0 Å². The summed E-state index contributed by atoms with van der Waals surface area (Å²) in [5, 5.41) is 20.2. The van der Waals surface area contributed by atoms with E-state index in [0.717, 1.165) is 18.4 Å². The van der Waals surface area contributed by atoms with Crippen LogP contribution >= 0.6 is 0 Å². The summed E-state index contributed by atoms with van der Waals surface area (Å²) in [5.41, 5.74) is 0.843. The summed E-state index contributed by atoms with van der Waals surface area (Å²) in [6.07, 6.45) is 10.9. The molecule has 0 saturated carbocycles. The van der Waals surface area contributed by atoms with Crippen LogP contribution in [0.15, 0.2) is 18.2 Å². The number of hydrogen-bond donors (Lipinski definition) is 1. The Kier molecular flexibility index (Phi) is 11.8. The molecule has 112 valence electrons. The Morgan fingerprint density at radius 3 is 2.19 bits per heavy atom. The predicted molar refractivity (Wildman–Crippen MR) is 79.2 cm³/mol. The van der Waals surface area contributed by atoms with Gasteiger partial charge in [0.25, 0.3) is 0 Å². The van der Waals surface area contributed by atoms with Crippen LogP contribution in [0.3, 0.4) is 0 Å². The van der Waals surface area contributed by atoms with Crippen LogP contribution in [0, 0.1) is 0 Å². The predicted octanol–water partition coefficient (Wildman–Crippen LogP) is 1.15. The SMILES string of the molecule is CCCCCCCCCCc1ccc([O-])c(C(=O)O)c1.[Na+]. The number of rotatable bonds is 10. The third-order valence-corrected chi connectivity index (χ3v) is 3.59. The number of aromatic carboxylic acids is 1. The molecule has 0 unspecified atom stereocenters. The molecule has 3 nitrogen and oxygen atoms in total. The van der Waals surface area contributed by atoms with Crippen molar-refractivity contribution in [2.45, 2.75) is 64.7 Å². The van der Waals surface area contributed by atoms with Crippen LogP contribution in [0.2, 0.25) is 0 Å². The number of benzene rings is 1. The summed E-state index contributed by atoms with van der Waals surface area (Å²) in [7, 11) is 0. The zero-order valence-corrected chi connectivity index (χ0v) is 15.4. The van der Waals surface area contributed by atoms with Gasteiger partial charge in [-0.25, -0.2) is 4.79 Å². The topological polar surface area (TPSA) is 60.4 Å². The van der Waals surface area contributed by atoms with E-state index in [2.05, 4.69) is 6.92 Å². The molecular weight excluding hydrogens is 275 g/mol. The third-order valence-electron chi connectivity index (χ3n) is 3.59. The Balaban J connectivity index is 0.00000400. The minimum atomic E-state index is -1.13. The molecule has 0 aliphatic rings. The van der Waals surface area contributed by atoms with Gasteiger partial charge in [-0.05, 0) is 24.5 Å². The molecule has 1 aromatic carbocycles. The van der Waals surface area contributed by atoms with Crippen molar-refractivity contribution in [3.8, 4) is 5.75 Å². The molecule has 1 N–H and O–H groups in total. The summed E-state index contributed by atoms with van der Waals surface area (Å²) < 4.78 is 0. The normalized spacial score (nSPS) is 10.1. The molecule has 0 radical (unpaired) electrons. The first kappa shape index (κ1) is 20.5. The molecule has 0 heterocycles. The van der Waals surface area contributed by atoms with Crippen molar-refractivity contribution in [3.05, 3.63) is 29.3 Å². The standard InChI is InChI=1S/C17H26O3.Na/c1-2-3-4-5-6-7-8-9-10-14-11-12-16(18)15(13-14)17(19)20;/h11-13,18H,2-10H2,1H3,(H,19,20);/q;+1/p-1. The van der Waals surface area contributed by atoms with E-state index >= 15 is 0 Å². The molecule has 0 aliphatic heterocycles. The first-order chi connectivity index (χ1) is 9.65. The van der Waals surface area contributed by atoms with Gasteiger partial charge in [0.15, 0.2) is 0 Å². The molecule has 0 fully saturated rings. The monoisotopic (exact) mass is 300 g/mol. The van der Waals surface area contributed by atoms with Crippen molar-refractivity contribution < 1.29 is 44.6 Å². The zero-order valence-electron chi connectivity index (χ0n) is 13.4. The maximum Gasteiger partial charge on any atom is 1.00 e. The molecule has 0 spiro atoms. The van der Waals surface area contributed by atoms with E-state index in [1.165, 1.54) is 57.1 Å². The number of carboxylic acids is 1. The van der Waals surface area contributed by atoms with Crippen LogP contribution in [0.25, 0.3) is 0 Å². The smallest absolute Gasteiger partial charge is 0.872 e. The van der Waals surface area contributed by atoms with Crippen LogP contribution < -0.4 is 34.7 Å². The minimum absolute atomic E-state index is 0. The van der Waals surface area contributed by atoms with Gasteiger partial charge in [-0.1, -0.05) is 69.8 Å². The zero-order chi connectivity index (χ0) is 14.8. The summed E-state index contributed by atoms with van der Waals surface area (Å²) >= 11 is 0. The fourth-order valence-corrected chi connectivity index (χ4v) is 2.36. The molecule has 21 heavy (non-hydrogen) atoms. The van der Waals surface area contributed by atoms with Gasteiger partial charge < -0.3 is 10.2 Å². The molecule has 1 aromatic rings. The number of carboxylic acid groups (broad SMARTS) is 1. The second kappa shape index (κ2) is 12.1. The maximum atomic E-state index is 11.3. The fourth-order valence-electron chi connectivity index (χ4n) is 2.36. The van der Waals surface area contributed by atoms with Crippen molar-refractivity contribution in [2.75, 3.05) is 0 Å². The van der Waals surface area contributed by atoms with E-state index in [1.54, 1.807) is 6.07 Å². The van der Waals surface area contributed by atoms with Crippen LogP contribution in [0.4, 0.5) is 0 Å². The van der Waals surface area contributed by atoms with E-state index in [0.29, 0.717) is 0 Å². The Labute approximate surface area is 150 Å². The van der Waals surface area contributed by atoms with Crippen LogP contribution in [-0.4, -0.2) is 11.1 Å². The molecule has 0 saturated heterocycles. The number of aryl methyl sites for hydroxylation is 1. The van der Waals surface area contributed by atoms with Gasteiger partial charge in [0, 0.05) is 0 Å². The maximum absolute atomic E-state index is 11.3. The molecule has 0 bridgehead atoms. The fraction of sp³-hybridized carbons (Fsp3) is 0.588. The Morgan fingerprint density at radius 1 is 1.05 bits per heavy atom. The molecule has 0 aromatic heterocycles. The number of carbonyl (C=O) groups is 1. The van der Waals surface area contributed by atoms with Gasteiger partial charge in [0.2, 0.25) is 0 Å².